The van der Waals surface area contributed by atoms with Crippen molar-refractivity contribution in [3.8, 4) is 0 Å². The van der Waals surface area contributed by atoms with Gasteiger partial charge in [0.15, 0.2) is 0 Å². The third-order valence-electron chi connectivity index (χ3n) is 1.50. The lowest BCUT2D eigenvalue weighted by Gasteiger charge is -1.95. The van der Waals surface area contributed by atoms with Crippen molar-refractivity contribution in [2.24, 2.45) is 0 Å². The molecule has 0 radical (unpaired) electrons. The lowest BCUT2D eigenvalue weighted by Crippen LogP contribution is -2.20. The van der Waals surface area contributed by atoms with Gasteiger partial charge in [-0.25, -0.2) is 4.98 Å². The van der Waals surface area contributed by atoms with E-state index in [4.69, 9.17) is 0 Å². The quantitative estimate of drug-likeness (QED) is 0.676. The average Bonchev–Trinajstić information content (AvgIpc) is 2.55. The molecule has 70 valence electrons. The van der Waals surface area contributed by atoms with Gasteiger partial charge in [-0.3, -0.25) is 4.79 Å². The predicted octanol–water partition coefficient (Wildman–Crippen LogP) is 0.949. The molecule has 2 N–H and O–H groups in total. The third-order valence-corrected chi connectivity index (χ3v) is 1.50. The zero-order valence-corrected chi connectivity index (χ0v) is 7.58. The van der Waals surface area contributed by atoms with E-state index in [0.29, 0.717) is 6.54 Å². The molecule has 0 spiro atoms. The fourth-order valence-electron chi connectivity index (χ4n) is 0.900. The van der Waals surface area contributed by atoms with Gasteiger partial charge in [0.2, 0.25) is 5.91 Å². The molecule has 0 saturated carbocycles. The summed E-state index contributed by atoms with van der Waals surface area (Å²) in [6, 6.07) is 0. The van der Waals surface area contributed by atoms with E-state index in [1.54, 1.807) is 12.5 Å². The summed E-state index contributed by atoms with van der Waals surface area (Å²) >= 11 is 0. The van der Waals surface area contributed by atoms with Crippen molar-refractivity contribution in [1.29, 1.82) is 0 Å². The zero-order chi connectivity index (χ0) is 9.52. The van der Waals surface area contributed by atoms with Crippen LogP contribution in [0.25, 0.3) is 6.08 Å². The van der Waals surface area contributed by atoms with Crippen LogP contribution in [0.3, 0.4) is 0 Å². The number of hydrogen-bond donors (Lipinski definition) is 2. The molecular formula is C9H13N3O. The molecular weight excluding hydrogens is 166 g/mol. The summed E-state index contributed by atoms with van der Waals surface area (Å²) in [7, 11) is 0. The molecule has 1 heterocycles. The Morgan fingerprint density at radius 1 is 1.77 bits per heavy atom. The van der Waals surface area contributed by atoms with Crippen molar-refractivity contribution in [3.63, 3.8) is 0 Å². The molecule has 0 aliphatic heterocycles. The van der Waals surface area contributed by atoms with Gasteiger partial charge < -0.3 is 10.3 Å². The lowest BCUT2D eigenvalue weighted by molar-refractivity contribution is -0.118. The Morgan fingerprint density at radius 2 is 2.62 bits per heavy atom. The molecule has 0 atom stereocenters. The molecule has 0 unspecified atom stereocenters. The average molecular weight is 179 g/mol. The summed E-state index contributed by atoms with van der Waals surface area (Å²) in [6.07, 6.45) is 8.14. The van der Waals surface area contributed by atoms with E-state index in [9.17, 15) is 4.79 Å². The van der Waals surface area contributed by atoms with E-state index in [2.05, 4.69) is 15.3 Å². The second-order valence-corrected chi connectivity index (χ2v) is 2.68. The molecule has 1 aromatic rings. The van der Waals surface area contributed by atoms with Gasteiger partial charge in [-0.2, -0.15) is 0 Å². The number of carbonyl (C=O) groups is 1. The van der Waals surface area contributed by atoms with Crippen LogP contribution in [0.2, 0.25) is 0 Å². The maximum Gasteiger partial charge on any atom is 0.216 e. The molecule has 0 saturated heterocycles. The molecule has 4 nitrogen and oxygen atoms in total. The third kappa shape index (κ3) is 4.10. The minimum atomic E-state index is 0.00920. The SMILES string of the molecule is CC(=O)NCCC=Cc1cnc[nH]1. The number of carbonyl (C=O) groups excluding carboxylic acids is 1. The fourth-order valence-corrected chi connectivity index (χ4v) is 0.900. The largest absolute Gasteiger partial charge is 0.356 e. The van der Waals surface area contributed by atoms with Crippen molar-refractivity contribution in [3.05, 3.63) is 24.3 Å². The first-order valence-corrected chi connectivity index (χ1v) is 4.18. The molecule has 0 aromatic carbocycles. The molecule has 0 aliphatic rings. The molecule has 4 heteroatoms. The Labute approximate surface area is 77.1 Å². The van der Waals surface area contributed by atoms with E-state index in [1.807, 2.05) is 12.2 Å². The number of aromatic nitrogens is 2. The van der Waals surface area contributed by atoms with Crippen LogP contribution in [0.1, 0.15) is 19.0 Å². The Bertz CT molecular complexity index is 277. The van der Waals surface area contributed by atoms with Crippen LogP contribution < -0.4 is 5.32 Å². The number of amides is 1. The fraction of sp³-hybridized carbons (Fsp3) is 0.333. The molecule has 1 aromatic heterocycles. The number of H-pyrrole nitrogens is 1. The van der Waals surface area contributed by atoms with Crippen molar-refractivity contribution in [1.82, 2.24) is 15.3 Å². The van der Waals surface area contributed by atoms with Gasteiger partial charge in [0.1, 0.15) is 0 Å². The number of nitrogens with one attached hydrogen (secondary N) is 2. The smallest absolute Gasteiger partial charge is 0.216 e. The Kier molecular flexibility index (Phi) is 3.75. The van der Waals surface area contributed by atoms with Crippen LogP contribution in [-0.2, 0) is 4.79 Å². The summed E-state index contributed by atoms with van der Waals surface area (Å²) < 4.78 is 0. The monoisotopic (exact) mass is 179 g/mol. The molecule has 1 amide bonds. The highest BCUT2D eigenvalue weighted by Gasteiger charge is 1.87. The first kappa shape index (κ1) is 9.51. The Morgan fingerprint density at radius 3 is 3.23 bits per heavy atom. The van der Waals surface area contributed by atoms with Gasteiger partial charge in [0.05, 0.1) is 18.2 Å². The summed E-state index contributed by atoms with van der Waals surface area (Å²) in [4.78, 5) is 17.3. The van der Waals surface area contributed by atoms with Gasteiger partial charge in [0, 0.05) is 13.5 Å². The molecule has 0 bridgehead atoms. The minimum absolute atomic E-state index is 0.00920. The number of imidazole rings is 1. The topological polar surface area (TPSA) is 57.8 Å². The highest BCUT2D eigenvalue weighted by atomic mass is 16.1. The van der Waals surface area contributed by atoms with Crippen LogP contribution in [0.4, 0.5) is 0 Å². The van der Waals surface area contributed by atoms with E-state index >= 15 is 0 Å². The van der Waals surface area contributed by atoms with Crippen LogP contribution >= 0.6 is 0 Å². The standard InChI is InChI=1S/C9H13N3O/c1-8(13)11-5-3-2-4-9-6-10-7-12-9/h2,4,6-7H,3,5H2,1H3,(H,10,12)(H,11,13). The van der Waals surface area contributed by atoms with Gasteiger partial charge in [-0.15, -0.1) is 0 Å². The van der Waals surface area contributed by atoms with Gasteiger partial charge >= 0.3 is 0 Å². The van der Waals surface area contributed by atoms with Gasteiger partial charge in [-0.05, 0) is 12.5 Å². The maximum absolute atomic E-state index is 10.5. The zero-order valence-electron chi connectivity index (χ0n) is 7.58. The summed E-state index contributed by atoms with van der Waals surface area (Å²) in [5.74, 6) is 0.00920. The minimum Gasteiger partial charge on any atom is -0.356 e. The Balaban J connectivity index is 2.16. The van der Waals surface area contributed by atoms with Crippen molar-refractivity contribution >= 4 is 12.0 Å². The van der Waals surface area contributed by atoms with Crippen molar-refractivity contribution in [2.45, 2.75) is 13.3 Å². The molecule has 0 fully saturated rings. The molecule has 1 rings (SSSR count). The second kappa shape index (κ2) is 5.13. The second-order valence-electron chi connectivity index (χ2n) is 2.68. The highest BCUT2D eigenvalue weighted by molar-refractivity contribution is 5.72. The normalized spacial score (nSPS) is 10.5. The van der Waals surface area contributed by atoms with Gasteiger partial charge in [-0.1, -0.05) is 6.08 Å². The van der Waals surface area contributed by atoms with E-state index in [-0.39, 0.29) is 5.91 Å². The van der Waals surface area contributed by atoms with Crippen LogP contribution in [0, 0.1) is 0 Å². The van der Waals surface area contributed by atoms with E-state index in [1.165, 1.54) is 6.92 Å². The summed E-state index contributed by atoms with van der Waals surface area (Å²) in [5, 5.41) is 2.71. The van der Waals surface area contributed by atoms with Gasteiger partial charge in [0.25, 0.3) is 0 Å². The van der Waals surface area contributed by atoms with Crippen LogP contribution in [0.5, 0.6) is 0 Å². The lowest BCUT2D eigenvalue weighted by atomic mass is 10.3. The predicted molar refractivity (Wildman–Crippen MR) is 50.9 cm³/mol. The van der Waals surface area contributed by atoms with E-state index < -0.39 is 0 Å². The summed E-state index contributed by atoms with van der Waals surface area (Å²) in [6.45, 7) is 2.19. The number of aromatic amines is 1. The molecule has 0 aliphatic carbocycles. The van der Waals surface area contributed by atoms with E-state index in [0.717, 1.165) is 12.1 Å². The number of hydrogen-bond acceptors (Lipinski definition) is 2. The van der Waals surface area contributed by atoms with Crippen LogP contribution in [-0.4, -0.2) is 22.4 Å². The number of nitrogens with zero attached hydrogens (tertiary/aromatic N) is 1. The van der Waals surface area contributed by atoms with Crippen molar-refractivity contribution in [2.75, 3.05) is 6.54 Å². The first-order valence-electron chi connectivity index (χ1n) is 4.18. The summed E-state index contributed by atoms with van der Waals surface area (Å²) in [5.41, 5.74) is 0.975. The van der Waals surface area contributed by atoms with Crippen LogP contribution in [0.15, 0.2) is 18.6 Å². The molecule has 13 heavy (non-hydrogen) atoms. The highest BCUT2D eigenvalue weighted by Crippen LogP contribution is 1.95. The first-order chi connectivity index (χ1) is 6.29. The number of rotatable bonds is 4. The Hall–Kier alpha value is -1.58. The van der Waals surface area contributed by atoms with Crippen molar-refractivity contribution < 1.29 is 4.79 Å². The maximum atomic E-state index is 10.5.